The number of benzene rings is 2. The predicted molar refractivity (Wildman–Crippen MR) is 138 cm³/mol. The highest BCUT2D eigenvalue weighted by Crippen LogP contribution is 2.33. The minimum absolute atomic E-state index is 0.0185. The highest BCUT2D eigenvalue weighted by molar-refractivity contribution is 9.10. The summed E-state index contributed by atoms with van der Waals surface area (Å²) >= 11 is 3.01. The lowest BCUT2D eigenvalue weighted by Gasteiger charge is -2.28. The second-order valence-corrected chi connectivity index (χ2v) is 9.90. The summed E-state index contributed by atoms with van der Waals surface area (Å²) in [5.74, 6) is -0.950. The quantitative estimate of drug-likeness (QED) is 0.271. The maximum absolute atomic E-state index is 12.8. The van der Waals surface area contributed by atoms with Crippen LogP contribution in [-0.2, 0) is 9.53 Å². The summed E-state index contributed by atoms with van der Waals surface area (Å²) in [5.41, 5.74) is 0.876. The number of amides is 1. The number of halogens is 4. The number of nitrogens with one attached hydrogen (secondary N) is 2. The van der Waals surface area contributed by atoms with Gasteiger partial charge in [0.25, 0.3) is 5.91 Å². The molecule has 2 atom stereocenters. The van der Waals surface area contributed by atoms with Crippen LogP contribution in [0.15, 0.2) is 51.4 Å². The van der Waals surface area contributed by atoms with E-state index in [9.17, 15) is 22.8 Å². The summed E-state index contributed by atoms with van der Waals surface area (Å²) in [5, 5.41) is 19.1. The van der Waals surface area contributed by atoms with Gasteiger partial charge in [0.2, 0.25) is 12.1 Å². The smallest absolute Gasteiger partial charge is 0.453 e. The lowest BCUT2D eigenvalue weighted by Crippen LogP contribution is -2.37. The van der Waals surface area contributed by atoms with Gasteiger partial charge in [0, 0.05) is 36.0 Å². The van der Waals surface area contributed by atoms with E-state index >= 15 is 0 Å². The van der Waals surface area contributed by atoms with Gasteiger partial charge in [-0.3, -0.25) is 9.59 Å². The summed E-state index contributed by atoms with van der Waals surface area (Å²) in [6.07, 6.45) is -3.80. The van der Waals surface area contributed by atoms with Crippen molar-refractivity contribution in [1.82, 2.24) is 25.5 Å². The molecule has 0 aliphatic carbocycles. The zero-order chi connectivity index (χ0) is 28.4. The number of carbonyl (C=O) groups excluding carboxylic acids is 2. The number of alkyl halides is 3. The van der Waals surface area contributed by atoms with E-state index in [0.717, 1.165) is 25.5 Å². The Morgan fingerprint density at radius 1 is 1.23 bits per heavy atom. The summed E-state index contributed by atoms with van der Waals surface area (Å²) in [7, 11) is 0. The van der Waals surface area contributed by atoms with E-state index in [1.54, 1.807) is 18.2 Å². The minimum Gasteiger partial charge on any atom is -0.453 e. The number of fused-ring (bicyclic) bond motifs is 1. The monoisotopic (exact) mass is 622 g/mol. The molecule has 2 aromatic heterocycles. The Kier molecular flexibility index (Phi) is 7.76. The van der Waals surface area contributed by atoms with Gasteiger partial charge >= 0.3 is 12.3 Å². The third kappa shape index (κ3) is 6.42. The molecule has 11 nitrogen and oxygen atoms in total. The van der Waals surface area contributed by atoms with Gasteiger partial charge in [-0.15, -0.1) is 28.2 Å². The Hall–Kier alpha value is -3.98. The fourth-order valence-electron chi connectivity index (χ4n) is 4.33. The van der Waals surface area contributed by atoms with E-state index in [2.05, 4.69) is 46.7 Å². The molecular formula is C25H22BrF3N6O5. The van der Waals surface area contributed by atoms with E-state index in [0.29, 0.717) is 23.3 Å². The van der Waals surface area contributed by atoms with Crippen LogP contribution in [0.3, 0.4) is 0 Å². The minimum atomic E-state index is -4.84. The van der Waals surface area contributed by atoms with E-state index in [1.807, 2.05) is 0 Å². The number of nitrogens with zero attached hydrogens (tertiary/aromatic N) is 4. The van der Waals surface area contributed by atoms with Gasteiger partial charge in [0.15, 0.2) is 5.76 Å². The molecule has 15 heteroatoms. The molecule has 2 N–H and O–H groups in total. The molecule has 3 heterocycles. The van der Waals surface area contributed by atoms with Crippen LogP contribution in [0.4, 0.5) is 18.9 Å². The zero-order valence-electron chi connectivity index (χ0n) is 20.9. The fourth-order valence-corrected chi connectivity index (χ4v) is 4.79. The fraction of sp³-hybridized carbons (Fsp3) is 0.320. The third-order valence-electron chi connectivity index (χ3n) is 6.10. The van der Waals surface area contributed by atoms with Crippen LogP contribution in [0.1, 0.15) is 36.4 Å². The normalized spacial score (nSPS) is 16.5. The van der Waals surface area contributed by atoms with Crippen LogP contribution in [-0.4, -0.2) is 51.5 Å². The third-order valence-corrected chi connectivity index (χ3v) is 6.72. The van der Waals surface area contributed by atoms with Crippen molar-refractivity contribution in [2.24, 2.45) is 5.92 Å². The molecule has 40 heavy (non-hydrogen) atoms. The Morgan fingerprint density at radius 3 is 2.75 bits per heavy atom. The van der Waals surface area contributed by atoms with Gasteiger partial charge < -0.3 is 24.5 Å². The molecule has 4 aromatic rings. The van der Waals surface area contributed by atoms with Crippen LogP contribution < -0.4 is 15.4 Å². The summed E-state index contributed by atoms with van der Waals surface area (Å²) < 4.78 is 52.8. The Morgan fingerprint density at radius 2 is 2.05 bits per heavy atom. The number of aromatic nitrogens is 4. The molecule has 0 radical (unpaired) electrons. The maximum atomic E-state index is 12.8. The lowest BCUT2D eigenvalue weighted by atomic mass is 9.98. The number of hydrogen-bond donors (Lipinski definition) is 2. The molecule has 2 unspecified atom stereocenters. The largest absolute Gasteiger partial charge is 0.573 e. The highest BCUT2D eigenvalue weighted by Gasteiger charge is 2.32. The highest BCUT2D eigenvalue weighted by atomic mass is 79.9. The van der Waals surface area contributed by atoms with Crippen molar-refractivity contribution in [1.29, 1.82) is 0 Å². The van der Waals surface area contributed by atoms with Crippen molar-refractivity contribution in [2.75, 3.05) is 18.4 Å². The van der Waals surface area contributed by atoms with Crippen molar-refractivity contribution in [2.45, 2.75) is 32.4 Å². The first-order chi connectivity index (χ1) is 19.1. The zero-order valence-corrected chi connectivity index (χ0v) is 22.5. The molecule has 1 saturated heterocycles. The number of ether oxygens (including phenoxy) is 2. The molecule has 0 spiro atoms. The number of hydrogen-bond acceptors (Lipinski definition) is 9. The van der Waals surface area contributed by atoms with Crippen molar-refractivity contribution >= 4 is 44.5 Å². The molecule has 1 amide bonds. The number of rotatable bonds is 7. The lowest BCUT2D eigenvalue weighted by molar-refractivity contribution is -0.274. The van der Waals surface area contributed by atoms with Crippen LogP contribution in [0.25, 0.3) is 22.6 Å². The van der Waals surface area contributed by atoms with Crippen LogP contribution in [0, 0.1) is 5.92 Å². The average Bonchev–Trinajstić information content (AvgIpc) is 3.55. The molecule has 2 aromatic carbocycles. The van der Waals surface area contributed by atoms with Crippen molar-refractivity contribution < 1.29 is 36.7 Å². The van der Waals surface area contributed by atoms with Crippen molar-refractivity contribution in [3.8, 4) is 17.3 Å². The second kappa shape index (κ2) is 11.3. The van der Waals surface area contributed by atoms with Crippen LogP contribution >= 0.6 is 15.9 Å². The van der Waals surface area contributed by atoms with Gasteiger partial charge in [-0.1, -0.05) is 6.07 Å². The Bertz CT molecular complexity index is 1550. The topological polar surface area (TPSA) is 133 Å². The van der Waals surface area contributed by atoms with Gasteiger partial charge in [0.1, 0.15) is 11.3 Å². The first-order valence-electron chi connectivity index (χ1n) is 12.1. The molecule has 1 aliphatic heterocycles. The first kappa shape index (κ1) is 27.6. The van der Waals surface area contributed by atoms with E-state index in [-0.39, 0.29) is 27.5 Å². The predicted octanol–water partition coefficient (Wildman–Crippen LogP) is 5.06. The Balaban J connectivity index is 1.32. The molecule has 1 aliphatic rings. The number of carbonyl (C=O) groups is 2. The summed E-state index contributed by atoms with van der Waals surface area (Å²) in [4.78, 5) is 25.8. The summed E-state index contributed by atoms with van der Waals surface area (Å²) in [6.45, 7) is 2.86. The number of anilines is 1. The standard InChI is InChI=1S/C25H22BrF3N6O5/c1-13(36)38-24(16-3-2-8-30-12-16)35-33-22(32-34-35)21-9-14-4-5-15(10-20(14)39-21)23(37)31-17-6-7-19(18(26)11-17)40-25(27,28)29/h4-7,9-11,16,24,30H,2-3,8,12H2,1H3,(H,31,37). The number of furan rings is 1. The van der Waals surface area contributed by atoms with Crippen molar-refractivity contribution in [3.05, 3.63) is 52.5 Å². The maximum Gasteiger partial charge on any atom is 0.573 e. The van der Waals surface area contributed by atoms with Gasteiger partial charge in [-0.05, 0) is 76.9 Å². The molecule has 0 saturated carbocycles. The van der Waals surface area contributed by atoms with Crippen LogP contribution in [0.5, 0.6) is 5.75 Å². The SMILES string of the molecule is CC(=O)OC(C1CCCNC1)n1nnc(-c2cc3ccc(C(=O)Nc4ccc(OC(F)(F)F)c(Br)c4)cc3o2)n1. The molecule has 210 valence electrons. The molecular weight excluding hydrogens is 601 g/mol. The van der Waals surface area contributed by atoms with Gasteiger partial charge in [0.05, 0.1) is 4.47 Å². The van der Waals surface area contributed by atoms with Crippen LogP contribution in [0.2, 0.25) is 0 Å². The Labute approximate surface area is 233 Å². The number of tetrazole rings is 1. The first-order valence-corrected chi connectivity index (χ1v) is 12.9. The van der Waals surface area contributed by atoms with Gasteiger partial charge in [-0.25, -0.2) is 0 Å². The number of piperidine rings is 1. The van der Waals surface area contributed by atoms with E-state index in [1.165, 1.54) is 29.9 Å². The number of esters is 1. The van der Waals surface area contributed by atoms with Gasteiger partial charge in [-0.2, -0.15) is 0 Å². The summed E-state index contributed by atoms with van der Waals surface area (Å²) in [6, 6.07) is 10.1. The van der Waals surface area contributed by atoms with E-state index < -0.39 is 30.2 Å². The molecule has 5 rings (SSSR count). The van der Waals surface area contributed by atoms with Crippen molar-refractivity contribution in [3.63, 3.8) is 0 Å². The van der Waals surface area contributed by atoms with E-state index in [4.69, 9.17) is 9.15 Å². The molecule has 0 bridgehead atoms. The molecule has 1 fully saturated rings. The second-order valence-electron chi connectivity index (χ2n) is 9.05. The average molecular weight is 623 g/mol.